The van der Waals surface area contributed by atoms with Gasteiger partial charge in [0.2, 0.25) is 0 Å². The van der Waals surface area contributed by atoms with E-state index in [0.717, 1.165) is 41.8 Å². The first-order chi connectivity index (χ1) is 16.9. The molecule has 5 nitrogen and oxygen atoms in total. The summed E-state index contributed by atoms with van der Waals surface area (Å²) in [6.07, 6.45) is 17.3. The van der Waals surface area contributed by atoms with Gasteiger partial charge in [0.25, 0.3) is 0 Å². The van der Waals surface area contributed by atoms with Crippen LogP contribution >= 0.6 is 0 Å². The first-order valence-electron chi connectivity index (χ1n) is 12.5. The predicted molar refractivity (Wildman–Crippen MR) is 144 cm³/mol. The molecule has 3 aliphatic carbocycles. The molecule has 180 valence electrons. The van der Waals surface area contributed by atoms with E-state index in [4.69, 9.17) is 15.7 Å². The van der Waals surface area contributed by atoms with Crippen LogP contribution in [0.3, 0.4) is 0 Å². The van der Waals surface area contributed by atoms with Gasteiger partial charge in [0.05, 0.1) is 5.76 Å². The van der Waals surface area contributed by atoms with Gasteiger partial charge in [-0.15, -0.1) is 0 Å². The summed E-state index contributed by atoms with van der Waals surface area (Å²) < 4.78 is 0. The zero-order valence-corrected chi connectivity index (χ0v) is 20.7. The number of nitrogens with two attached hydrogens (primary N) is 1. The molecule has 1 aromatic carbocycles. The highest BCUT2D eigenvalue weighted by molar-refractivity contribution is 6.11. The van der Waals surface area contributed by atoms with Gasteiger partial charge in [-0.25, -0.2) is 9.98 Å². The Balaban J connectivity index is 1.46. The molecule has 5 rings (SSSR count). The number of aliphatic hydroxyl groups excluding tert-OH is 1. The number of benzene rings is 1. The lowest BCUT2D eigenvalue weighted by molar-refractivity contribution is 0.347. The number of rotatable bonds is 4. The highest BCUT2D eigenvalue weighted by Gasteiger charge is 2.37. The molecule has 0 saturated heterocycles. The van der Waals surface area contributed by atoms with E-state index in [9.17, 15) is 5.11 Å². The summed E-state index contributed by atoms with van der Waals surface area (Å²) in [6, 6.07) is 10.6. The number of guanidine groups is 1. The smallest absolute Gasteiger partial charge is 0.197 e. The van der Waals surface area contributed by atoms with Gasteiger partial charge in [-0.05, 0) is 67.4 Å². The van der Waals surface area contributed by atoms with E-state index in [2.05, 4.69) is 79.9 Å². The van der Waals surface area contributed by atoms with E-state index < -0.39 is 5.66 Å². The number of nitrogens with one attached hydrogen (secondary N) is 1. The molecule has 1 heterocycles. The second-order valence-electron chi connectivity index (χ2n) is 9.99. The Hall–Kier alpha value is -3.60. The fourth-order valence-electron chi connectivity index (χ4n) is 5.79. The molecule has 0 fully saturated rings. The van der Waals surface area contributed by atoms with Gasteiger partial charge in [0.1, 0.15) is 5.84 Å². The highest BCUT2D eigenvalue weighted by Crippen LogP contribution is 2.42. The maximum Gasteiger partial charge on any atom is 0.197 e. The number of hydrogen-bond donors (Lipinski definition) is 3. The van der Waals surface area contributed by atoms with Crippen LogP contribution in [-0.2, 0) is 0 Å². The largest absolute Gasteiger partial charge is 0.512 e. The van der Waals surface area contributed by atoms with Crippen LogP contribution in [0.15, 0.2) is 111 Å². The maximum atomic E-state index is 10.5. The summed E-state index contributed by atoms with van der Waals surface area (Å²) >= 11 is 0. The van der Waals surface area contributed by atoms with Crippen molar-refractivity contribution in [3.05, 3.63) is 106 Å². The summed E-state index contributed by atoms with van der Waals surface area (Å²) in [6.45, 7) is 6.42. The maximum absolute atomic E-state index is 10.5. The van der Waals surface area contributed by atoms with Crippen molar-refractivity contribution in [1.82, 2.24) is 5.32 Å². The normalized spacial score (nSPS) is 30.6. The minimum absolute atomic E-state index is 0.00912. The molecule has 0 aromatic heterocycles. The summed E-state index contributed by atoms with van der Waals surface area (Å²) in [5, 5.41) is 13.7. The lowest BCUT2D eigenvalue weighted by Crippen LogP contribution is -2.46. The van der Waals surface area contributed by atoms with Gasteiger partial charge >= 0.3 is 0 Å². The SMILES string of the molecule is CC1=C(C2(C)N=C(N)NC(C3=CC(C)C(c4ccccc4)C=C3)=N2)CCC=C1C1CC=CC=C1O. The topological polar surface area (TPSA) is 83.0 Å². The zero-order valence-electron chi connectivity index (χ0n) is 20.7. The Bertz CT molecular complexity index is 1260. The minimum Gasteiger partial charge on any atom is -0.512 e. The van der Waals surface area contributed by atoms with Crippen molar-refractivity contribution in [2.24, 2.45) is 27.6 Å². The van der Waals surface area contributed by atoms with Gasteiger partial charge < -0.3 is 16.2 Å². The summed E-state index contributed by atoms with van der Waals surface area (Å²) in [4.78, 5) is 9.92. The van der Waals surface area contributed by atoms with E-state index in [1.807, 2.05) is 13.0 Å². The van der Waals surface area contributed by atoms with Crippen molar-refractivity contribution in [3.63, 3.8) is 0 Å². The fourth-order valence-corrected chi connectivity index (χ4v) is 5.79. The summed E-state index contributed by atoms with van der Waals surface area (Å²) in [5.41, 5.74) is 11.4. The van der Waals surface area contributed by atoms with E-state index >= 15 is 0 Å². The van der Waals surface area contributed by atoms with Gasteiger partial charge in [0.15, 0.2) is 11.6 Å². The molecule has 5 heteroatoms. The molecule has 1 aliphatic heterocycles. The van der Waals surface area contributed by atoms with Crippen LogP contribution in [0.2, 0.25) is 0 Å². The second-order valence-corrected chi connectivity index (χ2v) is 9.99. The van der Waals surface area contributed by atoms with Crippen molar-refractivity contribution >= 4 is 11.8 Å². The van der Waals surface area contributed by atoms with E-state index in [-0.39, 0.29) is 5.92 Å². The number of hydrogen-bond acceptors (Lipinski definition) is 5. The Morgan fingerprint density at radius 3 is 2.71 bits per heavy atom. The van der Waals surface area contributed by atoms with Crippen LogP contribution in [0.1, 0.15) is 51.5 Å². The van der Waals surface area contributed by atoms with Crippen LogP contribution in [-0.4, -0.2) is 22.6 Å². The van der Waals surface area contributed by atoms with Crippen LogP contribution in [0.25, 0.3) is 0 Å². The number of amidine groups is 1. The Morgan fingerprint density at radius 1 is 1.17 bits per heavy atom. The third-order valence-corrected chi connectivity index (χ3v) is 7.59. The molecular formula is C30H34N4O. The molecule has 0 bridgehead atoms. The number of aliphatic imine (C=N–C) groups is 2. The van der Waals surface area contributed by atoms with Crippen LogP contribution < -0.4 is 11.1 Å². The van der Waals surface area contributed by atoms with Crippen molar-refractivity contribution in [3.8, 4) is 0 Å². The lowest BCUT2D eigenvalue weighted by atomic mass is 9.77. The lowest BCUT2D eigenvalue weighted by Gasteiger charge is -2.35. The standard InChI is InChI=1S/C30H34N4O/c1-19-18-22(16-17-23(19)21-10-5-4-6-11-21)28-32-29(31)34-30(3,33-28)26-14-9-13-24(20(26)2)25-12-7-8-15-27(25)35/h4-8,10-11,13,15-19,23,25,35H,9,12,14H2,1-3H3,(H3,31,32,33,34). The van der Waals surface area contributed by atoms with Gasteiger partial charge in [-0.2, -0.15) is 0 Å². The van der Waals surface area contributed by atoms with Crippen LogP contribution in [0, 0.1) is 11.8 Å². The molecule has 1 aromatic rings. The van der Waals surface area contributed by atoms with Gasteiger partial charge in [0, 0.05) is 17.4 Å². The van der Waals surface area contributed by atoms with E-state index in [0.29, 0.717) is 23.6 Å². The van der Waals surface area contributed by atoms with Crippen molar-refractivity contribution in [1.29, 1.82) is 0 Å². The highest BCUT2D eigenvalue weighted by atomic mass is 16.3. The number of allylic oxidation sites excluding steroid dienone is 8. The monoisotopic (exact) mass is 466 g/mol. The third-order valence-electron chi connectivity index (χ3n) is 7.59. The molecule has 0 saturated carbocycles. The Labute approximate surface area is 208 Å². The molecule has 4 aliphatic rings. The summed E-state index contributed by atoms with van der Waals surface area (Å²) in [5.74, 6) is 2.21. The molecule has 0 spiro atoms. The second kappa shape index (κ2) is 9.21. The average molecular weight is 467 g/mol. The molecular weight excluding hydrogens is 432 g/mol. The fraction of sp³-hybridized carbons (Fsp3) is 0.333. The molecule has 0 radical (unpaired) electrons. The number of nitrogens with zero attached hydrogens (tertiary/aromatic N) is 2. The van der Waals surface area contributed by atoms with Gasteiger partial charge in [-0.3, -0.25) is 0 Å². The quantitative estimate of drug-likeness (QED) is 0.510. The molecule has 4 N–H and O–H groups in total. The Morgan fingerprint density at radius 2 is 1.97 bits per heavy atom. The average Bonchev–Trinajstić information content (AvgIpc) is 2.84. The first-order valence-corrected chi connectivity index (χ1v) is 12.5. The summed E-state index contributed by atoms with van der Waals surface area (Å²) in [7, 11) is 0. The van der Waals surface area contributed by atoms with Crippen molar-refractivity contribution < 1.29 is 5.11 Å². The Kier molecular flexibility index (Phi) is 6.10. The number of aliphatic hydroxyl groups is 1. The molecule has 4 unspecified atom stereocenters. The van der Waals surface area contributed by atoms with E-state index in [1.54, 1.807) is 6.08 Å². The van der Waals surface area contributed by atoms with Crippen molar-refractivity contribution in [2.75, 3.05) is 0 Å². The molecule has 4 atom stereocenters. The first kappa shape index (κ1) is 23.2. The van der Waals surface area contributed by atoms with Crippen molar-refractivity contribution in [2.45, 2.75) is 51.6 Å². The minimum atomic E-state index is -0.785. The zero-order chi connectivity index (χ0) is 24.6. The van der Waals surface area contributed by atoms with Crippen LogP contribution in [0.4, 0.5) is 0 Å². The molecule has 35 heavy (non-hydrogen) atoms. The third kappa shape index (κ3) is 4.43. The van der Waals surface area contributed by atoms with Crippen LogP contribution in [0.5, 0.6) is 0 Å². The van der Waals surface area contributed by atoms with Gasteiger partial charge in [-0.1, -0.05) is 73.7 Å². The molecule has 0 amide bonds. The predicted octanol–water partition coefficient (Wildman–Crippen LogP) is 5.99. The van der Waals surface area contributed by atoms with E-state index in [1.165, 1.54) is 11.1 Å².